The first-order valence-electron chi connectivity index (χ1n) is 11.1. The van der Waals surface area contributed by atoms with Gasteiger partial charge in [0.1, 0.15) is 11.6 Å². The second kappa shape index (κ2) is 9.52. The molecule has 1 aromatic carbocycles. The molecule has 2 N–H and O–H groups in total. The second-order valence-corrected chi connectivity index (χ2v) is 10.3. The lowest BCUT2D eigenvalue weighted by Gasteiger charge is -2.35. The highest BCUT2D eigenvalue weighted by atomic mass is 32.2. The summed E-state index contributed by atoms with van der Waals surface area (Å²) in [6.07, 6.45) is 3.53. The van der Waals surface area contributed by atoms with E-state index in [1.54, 1.807) is 0 Å². The molecule has 2 aliphatic heterocycles. The molecule has 4 rings (SSSR count). The molecule has 0 bridgehead atoms. The van der Waals surface area contributed by atoms with Gasteiger partial charge >= 0.3 is 0 Å². The number of aryl methyl sites for hydroxylation is 1. The predicted octanol–water partition coefficient (Wildman–Crippen LogP) is 1.39. The van der Waals surface area contributed by atoms with Crippen LogP contribution < -0.4 is 20.3 Å². The Morgan fingerprint density at radius 3 is 2.30 bits per heavy atom. The summed E-state index contributed by atoms with van der Waals surface area (Å²) in [5, 5.41) is 0. The predicted molar refractivity (Wildman–Crippen MR) is 125 cm³/mol. The number of carbonyl (C=O) groups is 1. The van der Waals surface area contributed by atoms with E-state index in [0.29, 0.717) is 26.2 Å². The molecule has 2 aromatic rings. The highest BCUT2D eigenvalue weighted by Gasteiger charge is 2.30. The van der Waals surface area contributed by atoms with Crippen LogP contribution >= 0.6 is 0 Å². The quantitative estimate of drug-likeness (QED) is 0.667. The number of carbonyl (C=O) groups excluding carboxylic acids is 1. The van der Waals surface area contributed by atoms with Crippen LogP contribution in [0.3, 0.4) is 0 Å². The maximum atomic E-state index is 13.2. The molecule has 1 amide bonds. The van der Waals surface area contributed by atoms with E-state index < -0.39 is 15.9 Å². The number of rotatable bonds is 6. The standard InChI is InChI=1S/C22H30N6O4S/c1-16-14-20(25-22(24-16)27-8-4-3-5-9-27)26-10-12-28(13-11-26)33(30,31)17-6-7-19(32-2)18(15-17)21(23)29/h6-7,14-15H,3-5,8-13H2,1-2H3,(H2,23,29). The molecule has 0 unspecified atom stereocenters. The smallest absolute Gasteiger partial charge is 0.252 e. The number of sulfonamides is 1. The van der Waals surface area contributed by atoms with Crippen molar-refractivity contribution >= 4 is 27.7 Å². The number of primary amides is 1. The molecule has 2 fully saturated rings. The number of ether oxygens (including phenoxy) is 1. The van der Waals surface area contributed by atoms with Crippen LogP contribution in [-0.4, -0.2) is 75.0 Å². The van der Waals surface area contributed by atoms with E-state index in [1.165, 1.54) is 36.0 Å². The van der Waals surface area contributed by atoms with Crippen molar-refractivity contribution in [3.05, 3.63) is 35.5 Å². The Kier molecular flexibility index (Phi) is 6.71. The molecule has 2 saturated heterocycles. The summed E-state index contributed by atoms with van der Waals surface area (Å²) in [6, 6.07) is 6.11. The number of amides is 1. The average Bonchev–Trinajstić information content (AvgIpc) is 2.83. The van der Waals surface area contributed by atoms with Gasteiger partial charge in [-0.3, -0.25) is 4.79 Å². The lowest BCUT2D eigenvalue weighted by atomic mass is 10.1. The second-order valence-electron chi connectivity index (χ2n) is 8.33. The highest BCUT2D eigenvalue weighted by Crippen LogP contribution is 2.26. The number of benzene rings is 1. The van der Waals surface area contributed by atoms with Gasteiger partial charge in [-0.25, -0.2) is 13.4 Å². The van der Waals surface area contributed by atoms with Crippen molar-refractivity contribution in [3.63, 3.8) is 0 Å². The zero-order valence-electron chi connectivity index (χ0n) is 19.0. The number of aromatic nitrogens is 2. The summed E-state index contributed by atoms with van der Waals surface area (Å²) < 4.78 is 32.9. The van der Waals surface area contributed by atoms with Gasteiger partial charge in [0.15, 0.2) is 0 Å². The van der Waals surface area contributed by atoms with Crippen molar-refractivity contribution in [1.29, 1.82) is 0 Å². The van der Waals surface area contributed by atoms with Gasteiger partial charge in [0.05, 0.1) is 17.6 Å². The Morgan fingerprint density at radius 2 is 1.67 bits per heavy atom. The number of anilines is 2. The highest BCUT2D eigenvalue weighted by molar-refractivity contribution is 7.89. The van der Waals surface area contributed by atoms with Crippen LogP contribution in [-0.2, 0) is 10.0 Å². The Balaban J connectivity index is 1.49. The molecule has 0 radical (unpaired) electrons. The fourth-order valence-corrected chi connectivity index (χ4v) is 5.73. The molecule has 2 aliphatic rings. The van der Waals surface area contributed by atoms with Gasteiger partial charge in [-0.15, -0.1) is 0 Å². The van der Waals surface area contributed by atoms with Gasteiger partial charge in [0, 0.05) is 51.0 Å². The minimum Gasteiger partial charge on any atom is -0.496 e. The molecule has 11 heteroatoms. The molecule has 33 heavy (non-hydrogen) atoms. The molecule has 0 aliphatic carbocycles. The van der Waals surface area contributed by atoms with Gasteiger partial charge in [0.25, 0.3) is 5.91 Å². The molecular formula is C22H30N6O4S. The summed E-state index contributed by atoms with van der Waals surface area (Å²) in [6.45, 7) is 5.51. The number of hydrogen-bond donors (Lipinski definition) is 1. The van der Waals surface area contributed by atoms with Crippen LogP contribution in [0.25, 0.3) is 0 Å². The zero-order valence-corrected chi connectivity index (χ0v) is 19.8. The van der Waals surface area contributed by atoms with Crippen LogP contribution in [0.4, 0.5) is 11.8 Å². The Labute approximate surface area is 194 Å². The van der Waals surface area contributed by atoms with E-state index in [2.05, 4.69) is 14.8 Å². The SMILES string of the molecule is COc1ccc(S(=O)(=O)N2CCN(c3cc(C)nc(N4CCCCC4)n3)CC2)cc1C(N)=O. The molecule has 0 saturated carbocycles. The third-order valence-electron chi connectivity index (χ3n) is 6.10. The van der Waals surface area contributed by atoms with E-state index in [9.17, 15) is 13.2 Å². The van der Waals surface area contributed by atoms with E-state index in [-0.39, 0.29) is 16.2 Å². The van der Waals surface area contributed by atoms with Crippen LogP contribution in [0, 0.1) is 6.92 Å². The normalized spacial score (nSPS) is 17.8. The van der Waals surface area contributed by atoms with Crippen molar-refractivity contribution in [3.8, 4) is 5.75 Å². The fraction of sp³-hybridized carbons (Fsp3) is 0.500. The van der Waals surface area contributed by atoms with Crippen LogP contribution in [0.2, 0.25) is 0 Å². The zero-order chi connectivity index (χ0) is 23.6. The fourth-order valence-electron chi connectivity index (χ4n) is 4.28. The minimum atomic E-state index is -3.78. The molecule has 178 valence electrons. The summed E-state index contributed by atoms with van der Waals surface area (Å²) in [5.41, 5.74) is 6.33. The van der Waals surface area contributed by atoms with Crippen molar-refractivity contribution in [2.45, 2.75) is 31.1 Å². The summed E-state index contributed by atoms with van der Waals surface area (Å²) in [4.78, 5) is 25.5. The summed E-state index contributed by atoms with van der Waals surface area (Å²) in [5.74, 6) is 1.07. The van der Waals surface area contributed by atoms with E-state index >= 15 is 0 Å². The lowest BCUT2D eigenvalue weighted by Crippen LogP contribution is -2.49. The van der Waals surface area contributed by atoms with Crippen molar-refractivity contribution in [2.75, 3.05) is 56.2 Å². The topological polar surface area (TPSA) is 122 Å². The van der Waals surface area contributed by atoms with Gasteiger partial charge < -0.3 is 20.3 Å². The molecule has 10 nitrogen and oxygen atoms in total. The maximum absolute atomic E-state index is 13.2. The van der Waals surface area contributed by atoms with Gasteiger partial charge in [-0.05, 0) is 44.4 Å². The number of methoxy groups -OCH3 is 1. The van der Waals surface area contributed by atoms with Gasteiger partial charge in [-0.2, -0.15) is 9.29 Å². The van der Waals surface area contributed by atoms with Gasteiger partial charge in [0.2, 0.25) is 16.0 Å². The Hall–Kier alpha value is -2.92. The van der Waals surface area contributed by atoms with Crippen molar-refractivity contribution in [1.82, 2.24) is 14.3 Å². The number of piperazine rings is 1. The number of nitrogens with zero attached hydrogens (tertiary/aromatic N) is 5. The van der Waals surface area contributed by atoms with Crippen molar-refractivity contribution in [2.24, 2.45) is 5.73 Å². The van der Waals surface area contributed by atoms with E-state index in [1.807, 2.05) is 13.0 Å². The van der Waals surface area contributed by atoms with Crippen LogP contribution in [0.5, 0.6) is 5.75 Å². The summed E-state index contributed by atoms with van der Waals surface area (Å²) in [7, 11) is -2.38. The van der Waals surface area contributed by atoms with E-state index in [4.69, 9.17) is 15.5 Å². The van der Waals surface area contributed by atoms with Crippen LogP contribution in [0.1, 0.15) is 35.3 Å². The molecule has 1 aromatic heterocycles. The first-order chi connectivity index (χ1) is 15.8. The number of hydrogen-bond acceptors (Lipinski definition) is 8. The Morgan fingerprint density at radius 1 is 0.970 bits per heavy atom. The van der Waals surface area contributed by atoms with E-state index in [0.717, 1.165) is 43.4 Å². The van der Waals surface area contributed by atoms with Gasteiger partial charge in [-0.1, -0.05) is 0 Å². The average molecular weight is 475 g/mol. The lowest BCUT2D eigenvalue weighted by molar-refractivity contribution is 0.0997. The van der Waals surface area contributed by atoms with Crippen molar-refractivity contribution < 1.29 is 17.9 Å². The number of nitrogens with two attached hydrogens (primary N) is 1. The molecule has 0 atom stereocenters. The number of piperidine rings is 1. The molecule has 0 spiro atoms. The largest absolute Gasteiger partial charge is 0.496 e. The molecular weight excluding hydrogens is 444 g/mol. The minimum absolute atomic E-state index is 0.0239. The maximum Gasteiger partial charge on any atom is 0.252 e. The monoisotopic (exact) mass is 474 g/mol. The Bertz CT molecular complexity index is 1130. The summed E-state index contributed by atoms with van der Waals surface area (Å²) >= 11 is 0. The first-order valence-corrected chi connectivity index (χ1v) is 12.6. The first kappa shape index (κ1) is 23.2. The van der Waals surface area contributed by atoms with Crippen LogP contribution in [0.15, 0.2) is 29.2 Å². The third kappa shape index (κ3) is 4.88. The molecule has 3 heterocycles. The third-order valence-corrected chi connectivity index (χ3v) is 8.00.